The van der Waals surface area contributed by atoms with E-state index in [1.165, 1.54) is 6.20 Å². The summed E-state index contributed by atoms with van der Waals surface area (Å²) in [4.78, 5) is 19.5. The van der Waals surface area contributed by atoms with Crippen molar-refractivity contribution < 1.29 is 9.53 Å². The van der Waals surface area contributed by atoms with Crippen LogP contribution in [0.1, 0.15) is 30.6 Å². The van der Waals surface area contributed by atoms with Crippen molar-refractivity contribution >= 4 is 23.4 Å². The van der Waals surface area contributed by atoms with Gasteiger partial charge in [0.1, 0.15) is 11.4 Å². The minimum atomic E-state index is -0.470. The second kappa shape index (κ2) is 6.96. The minimum Gasteiger partial charge on any atom is -0.462 e. The molecule has 0 fully saturated rings. The number of rotatable bonds is 6. The lowest BCUT2D eigenvalue weighted by molar-refractivity contribution is 0.0526. The molecular weight excluding hydrogens is 254 g/mol. The predicted molar refractivity (Wildman–Crippen MR) is 70.9 cm³/mol. The SMILES string of the molecule is C=CC[C@H](C)Nc1nc(Cl)ncc1C(=O)OCC. The highest BCUT2D eigenvalue weighted by molar-refractivity contribution is 6.28. The highest BCUT2D eigenvalue weighted by Gasteiger charge is 2.16. The lowest BCUT2D eigenvalue weighted by Gasteiger charge is -2.14. The Kier molecular flexibility index (Phi) is 5.58. The average molecular weight is 270 g/mol. The van der Waals surface area contributed by atoms with Crippen LogP contribution in [0.2, 0.25) is 5.28 Å². The zero-order valence-electron chi connectivity index (χ0n) is 10.4. The number of hydrogen-bond donors (Lipinski definition) is 1. The molecule has 0 unspecified atom stereocenters. The van der Waals surface area contributed by atoms with E-state index in [0.717, 1.165) is 6.42 Å². The number of esters is 1. The summed E-state index contributed by atoms with van der Waals surface area (Å²) >= 11 is 5.72. The number of anilines is 1. The van der Waals surface area contributed by atoms with Crippen molar-refractivity contribution in [1.82, 2.24) is 9.97 Å². The van der Waals surface area contributed by atoms with E-state index in [2.05, 4.69) is 21.9 Å². The van der Waals surface area contributed by atoms with Crippen molar-refractivity contribution in [3.8, 4) is 0 Å². The summed E-state index contributed by atoms with van der Waals surface area (Å²) in [6.45, 7) is 7.64. The van der Waals surface area contributed by atoms with Gasteiger partial charge in [0.2, 0.25) is 5.28 Å². The molecule has 0 aliphatic heterocycles. The molecule has 1 N–H and O–H groups in total. The molecule has 1 atom stereocenters. The largest absolute Gasteiger partial charge is 0.462 e. The normalized spacial score (nSPS) is 11.7. The highest BCUT2D eigenvalue weighted by Crippen LogP contribution is 2.17. The second-order valence-corrected chi connectivity index (χ2v) is 4.03. The van der Waals surface area contributed by atoms with Gasteiger partial charge in [0, 0.05) is 12.2 Å². The van der Waals surface area contributed by atoms with Crippen LogP contribution < -0.4 is 5.32 Å². The molecule has 0 amide bonds. The Labute approximate surface area is 111 Å². The number of aromatic nitrogens is 2. The first-order valence-electron chi connectivity index (χ1n) is 5.65. The van der Waals surface area contributed by atoms with Gasteiger partial charge in [-0.15, -0.1) is 6.58 Å². The monoisotopic (exact) mass is 269 g/mol. The van der Waals surface area contributed by atoms with Crippen molar-refractivity contribution in [1.29, 1.82) is 0 Å². The van der Waals surface area contributed by atoms with E-state index in [0.29, 0.717) is 12.4 Å². The van der Waals surface area contributed by atoms with Crippen molar-refractivity contribution in [2.24, 2.45) is 0 Å². The third-order valence-corrected chi connectivity index (χ3v) is 2.34. The Balaban J connectivity index is 2.96. The van der Waals surface area contributed by atoms with Gasteiger partial charge in [-0.1, -0.05) is 6.08 Å². The van der Waals surface area contributed by atoms with E-state index >= 15 is 0 Å². The Morgan fingerprint density at radius 3 is 3.06 bits per heavy atom. The zero-order valence-corrected chi connectivity index (χ0v) is 11.2. The van der Waals surface area contributed by atoms with Gasteiger partial charge in [-0.05, 0) is 31.9 Å². The Hall–Kier alpha value is -1.62. The fraction of sp³-hybridized carbons (Fsp3) is 0.417. The van der Waals surface area contributed by atoms with Crippen LogP contribution in [0.5, 0.6) is 0 Å². The summed E-state index contributed by atoms with van der Waals surface area (Å²) in [7, 11) is 0. The quantitative estimate of drug-likeness (QED) is 0.489. The van der Waals surface area contributed by atoms with E-state index in [1.807, 2.05) is 6.92 Å². The van der Waals surface area contributed by atoms with Crippen molar-refractivity contribution in [3.05, 3.63) is 29.7 Å². The van der Waals surface area contributed by atoms with Gasteiger partial charge < -0.3 is 10.1 Å². The highest BCUT2D eigenvalue weighted by atomic mass is 35.5. The van der Waals surface area contributed by atoms with Gasteiger partial charge in [0.25, 0.3) is 0 Å². The van der Waals surface area contributed by atoms with Crippen LogP contribution in [0.25, 0.3) is 0 Å². The van der Waals surface area contributed by atoms with Crippen LogP contribution in [0.15, 0.2) is 18.9 Å². The van der Waals surface area contributed by atoms with Crippen molar-refractivity contribution in [2.45, 2.75) is 26.3 Å². The molecular formula is C12H16ClN3O2. The van der Waals surface area contributed by atoms with E-state index in [-0.39, 0.29) is 16.9 Å². The summed E-state index contributed by atoms with van der Waals surface area (Å²) in [6, 6.07) is 0.0849. The van der Waals surface area contributed by atoms with Crippen molar-refractivity contribution in [3.63, 3.8) is 0 Å². The fourth-order valence-electron chi connectivity index (χ4n) is 1.37. The van der Waals surface area contributed by atoms with Gasteiger partial charge in [0.15, 0.2) is 0 Å². The van der Waals surface area contributed by atoms with Crippen LogP contribution in [-0.4, -0.2) is 28.6 Å². The Bertz CT molecular complexity index is 437. The molecule has 1 aromatic rings. The first kappa shape index (κ1) is 14.4. The van der Waals surface area contributed by atoms with Crippen LogP contribution in [0.4, 0.5) is 5.82 Å². The summed E-state index contributed by atoms with van der Waals surface area (Å²) in [5.74, 6) is -0.0923. The number of ether oxygens (including phenoxy) is 1. The third kappa shape index (κ3) is 4.00. The topological polar surface area (TPSA) is 64.1 Å². The standard InChI is InChI=1S/C12H16ClN3O2/c1-4-6-8(3)15-10-9(11(17)18-5-2)7-14-12(13)16-10/h4,7-8H,1,5-6H2,2-3H3,(H,14,15,16)/t8-/m0/s1. The number of hydrogen-bond acceptors (Lipinski definition) is 5. The first-order chi connectivity index (χ1) is 8.58. The van der Waals surface area contributed by atoms with E-state index in [1.54, 1.807) is 13.0 Å². The maximum Gasteiger partial charge on any atom is 0.343 e. The number of halogens is 1. The maximum absolute atomic E-state index is 11.7. The summed E-state index contributed by atoms with van der Waals surface area (Å²) in [5.41, 5.74) is 0.275. The molecule has 98 valence electrons. The molecule has 1 heterocycles. The number of carbonyl (C=O) groups is 1. The summed E-state index contributed by atoms with van der Waals surface area (Å²) in [6.07, 6.45) is 3.88. The smallest absolute Gasteiger partial charge is 0.343 e. The van der Waals surface area contributed by atoms with Gasteiger partial charge in [-0.2, -0.15) is 4.98 Å². The molecule has 0 saturated heterocycles. The molecule has 0 saturated carbocycles. The Morgan fingerprint density at radius 2 is 2.44 bits per heavy atom. The molecule has 0 aliphatic rings. The van der Waals surface area contributed by atoms with E-state index in [4.69, 9.17) is 16.3 Å². The molecule has 1 aromatic heterocycles. The molecule has 0 aromatic carbocycles. The zero-order chi connectivity index (χ0) is 13.5. The third-order valence-electron chi connectivity index (χ3n) is 2.16. The molecule has 5 nitrogen and oxygen atoms in total. The second-order valence-electron chi connectivity index (χ2n) is 3.69. The van der Waals surface area contributed by atoms with E-state index < -0.39 is 5.97 Å². The molecule has 0 spiro atoms. The number of nitrogens with one attached hydrogen (secondary N) is 1. The molecule has 0 aliphatic carbocycles. The molecule has 6 heteroatoms. The molecule has 18 heavy (non-hydrogen) atoms. The molecule has 0 radical (unpaired) electrons. The number of carbonyl (C=O) groups excluding carboxylic acids is 1. The first-order valence-corrected chi connectivity index (χ1v) is 6.03. The van der Waals surface area contributed by atoms with Gasteiger partial charge >= 0.3 is 5.97 Å². The molecule has 1 rings (SSSR count). The van der Waals surface area contributed by atoms with Gasteiger partial charge in [-0.25, -0.2) is 9.78 Å². The van der Waals surface area contributed by atoms with Gasteiger partial charge in [0.05, 0.1) is 6.61 Å². The lowest BCUT2D eigenvalue weighted by Crippen LogP contribution is -2.19. The minimum absolute atomic E-state index is 0.0800. The number of nitrogens with zero attached hydrogens (tertiary/aromatic N) is 2. The van der Waals surface area contributed by atoms with Crippen LogP contribution >= 0.6 is 11.6 Å². The fourth-order valence-corrected chi connectivity index (χ4v) is 1.50. The average Bonchev–Trinajstić information content (AvgIpc) is 2.29. The summed E-state index contributed by atoms with van der Waals surface area (Å²) in [5, 5.41) is 3.16. The summed E-state index contributed by atoms with van der Waals surface area (Å²) < 4.78 is 4.93. The van der Waals surface area contributed by atoms with E-state index in [9.17, 15) is 4.79 Å². The van der Waals surface area contributed by atoms with Crippen molar-refractivity contribution in [2.75, 3.05) is 11.9 Å². The Morgan fingerprint density at radius 1 is 1.72 bits per heavy atom. The predicted octanol–water partition coefficient (Wildman–Crippen LogP) is 2.68. The maximum atomic E-state index is 11.7. The van der Waals surface area contributed by atoms with Crippen LogP contribution in [0.3, 0.4) is 0 Å². The van der Waals surface area contributed by atoms with Crippen LogP contribution in [0, 0.1) is 0 Å². The van der Waals surface area contributed by atoms with Gasteiger partial charge in [-0.3, -0.25) is 0 Å². The van der Waals surface area contributed by atoms with Crippen LogP contribution in [-0.2, 0) is 4.74 Å². The lowest BCUT2D eigenvalue weighted by atomic mass is 10.2. The molecule has 0 bridgehead atoms.